The summed E-state index contributed by atoms with van der Waals surface area (Å²) >= 11 is 0. The van der Waals surface area contributed by atoms with Crippen molar-refractivity contribution in [3.63, 3.8) is 0 Å². The molecule has 23 heavy (non-hydrogen) atoms. The van der Waals surface area contributed by atoms with Gasteiger partial charge < -0.3 is 15.4 Å². The van der Waals surface area contributed by atoms with Gasteiger partial charge in [-0.15, -0.1) is 0 Å². The number of benzene rings is 1. The number of carbonyl (C=O) groups excluding carboxylic acids is 2. The fourth-order valence-corrected chi connectivity index (χ4v) is 3.77. The van der Waals surface area contributed by atoms with Crippen LogP contribution >= 0.6 is 0 Å². The lowest BCUT2D eigenvalue weighted by atomic mass is 10.1. The quantitative estimate of drug-likeness (QED) is 0.800. The van der Waals surface area contributed by atoms with Gasteiger partial charge in [0.1, 0.15) is 22.4 Å². The van der Waals surface area contributed by atoms with E-state index in [-0.39, 0.29) is 16.6 Å². The molecular formula is C15H20N2O5S. The zero-order valence-electron chi connectivity index (χ0n) is 12.9. The van der Waals surface area contributed by atoms with Gasteiger partial charge in [0.05, 0.1) is 7.11 Å². The van der Waals surface area contributed by atoms with Crippen molar-refractivity contribution in [3.8, 4) is 5.75 Å². The van der Waals surface area contributed by atoms with E-state index in [2.05, 4.69) is 10.6 Å². The first-order valence-corrected chi connectivity index (χ1v) is 9.02. The Morgan fingerprint density at radius 2 is 2.09 bits per heavy atom. The average molecular weight is 340 g/mol. The minimum Gasteiger partial charge on any atom is -0.495 e. The minimum atomic E-state index is -3.85. The molecule has 1 aromatic carbocycles. The lowest BCUT2D eigenvalue weighted by Crippen LogP contribution is -2.47. The van der Waals surface area contributed by atoms with Crippen LogP contribution in [0.1, 0.15) is 19.3 Å². The summed E-state index contributed by atoms with van der Waals surface area (Å²) in [5, 5.41) is 5.19. The topological polar surface area (TPSA) is 102 Å². The van der Waals surface area contributed by atoms with E-state index in [1.165, 1.54) is 19.2 Å². The number of nitrogens with one attached hydrogen (secondary N) is 2. The summed E-state index contributed by atoms with van der Waals surface area (Å²) in [5.41, 5.74) is 0. The molecule has 0 radical (unpaired) electrons. The molecule has 8 heteroatoms. The summed E-state index contributed by atoms with van der Waals surface area (Å²) in [6.07, 6.45) is 2.15. The smallest absolute Gasteiger partial charge is 0.242 e. The van der Waals surface area contributed by atoms with Gasteiger partial charge in [-0.25, -0.2) is 8.42 Å². The molecule has 0 saturated carbocycles. The molecule has 1 fully saturated rings. The summed E-state index contributed by atoms with van der Waals surface area (Å²) in [4.78, 5) is 23.8. The second kappa shape index (κ2) is 7.45. The standard InChI is InChI=1S/C15H20N2O5S/c1-22-12-7-2-3-8-13(12)23(20,21)10-14(18)17-11-6-4-5-9-16-15(11)19/h2-3,7-8,11H,4-6,9-10H2,1H3,(H,16,19)(H,17,18). The van der Waals surface area contributed by atoms with Gasteiger partial charge in [-0.2, -0.15) is 0 Å². The van der Waals surface area contributed by atoms with Gasteiger partial charge in [-0.1, -0.05) is 12.1 Å². The number of carbonyl (C=O) groups is 2. The Labute approximate surface area is 135 Å². The lowest BCUT2D eigenvalue weighted by Gasteiger charge is -2.15. The van der Waals surface area contributed by atoms with Crippen LogP contribution in [0, 0.1) is 0 Å². The molecule has 2 N–H and O–H groups in total. The van der Waals surface area contributed by atoms with Crippen molar-refractivity contribution in [1.29, 1.82) is 0 Å². The van der Waals surface area contributed by atoms with E-state index in [0.29, 0.717) is 13.0 Å². The number of hydrogen-bond acceptors (Lipinski definition) is 5. The van der Waals surface area contributed by atoms with Crippen molar-refractivity contribution >= 4 is 21.7 Å². The van der Waals surface area contributed by atoms with Crippen molar-refractivity contribution in [2.24, 2.45) is 0 Å². The zero-order chi connectivity index (χ0) is 16.9. The van der Waals surface area contributed by atoms with Gasteiger partial charge in [0, 0.05) is 6.54 Å². The van der Waals surface area contributed by atoms with Crippen LogP contribution in [-0.2, 0) is 19.4 Å². The fourth-order valence-electron chi connectivity index (χ4n) is 2.44. The number of hydrogen-bond donors (Lipinski definition) is 2. The molecule has 0 spiro atoms. The summed E-state index contributed by atoms with van der Waals surface area (Å²) in [5.74, 6) is -1.51. The number of rotatable bonds is 5. The van der Waals surface area contributed by atoms with Crippen molar-refractivity contribution < 1.29 is 22.7 Å². The fraction of sp³-hybridized carbons (Fsp3) is 0.467. The van der Waals surface area contributed by atoms with E-state index in [0.717, 1.165) is 12.8 Å². The summed E-state index contributed by atoms with van der Waals surface area (Å²) in [6.45, 7) is 0.574. The van der Waals surface area contributed by atoms with Crippen LogP contribution in [-0.4, -0.2) is 45.7 Å². The van der Waals surface area contributed by atoms with Crippen LogP contribution in [0.4, 0.5) is 0 Å². The molecule has 1 heterocycles. The summed E-state index contributed by atoms with van der Waals surface area (Å²) in [6, 6.07) is 5.43. The second-order valence-electron chi connectivity index (χ2n) is 5.32. The van der Waals surface area contributed by atoms with Gasteiger partial charge in [0.15, 0.2) is 9.84 Å². The second-order valence-corrected chi connectivity index (χ2v) is 7.27. The Hall–Kier alpha value is -2.09. The predicted molar refractivity (Wildman–Crippen MR) is 83.8 cm³/mol. The molecule has 0 aliphatic carbocycles. The maximum absolute atomic E-state index is 12.4. The molecule has 7 nitrogen and oxygen atoms in total. The largest absolute Gasteiger partial charge is 0.495 e. The van der Waals surface area contributed by atoms with Crippen LogP contribution in [0.2, 0.25) is 0 Å². The highest BCUT2D eigenvalue weighted by atomic mass is 32.2. The Bertz CT molecular complexity index is 687. The van der Waals surface area contributed by atoms with Crippen LogP contribution in [0.25, 0.3) is 0 Å². The Morgan fingerprint density at radius 3 is 2.83 bits per heavy atom. The van der Waals surface area contributed by atoms with Crippen molar-refractivity contribution in [3.05, 3.63) is 24.3 Å². The van der Waals surface area contributed by atoms with Gasteiger partial charge >= 0.3 is 0 Å². The van der Waals surface area contributed by atoms with Crippen molar-refractivity contribution in [1.82, 2.24) is 10.6 Å². The molecule has 2 rings (SSSR count). The minimum absolute atomic E-state index is 0.0389. The SMILES string of the molecule is COc1ccccc1S(=O)(=O)CC(=O)NC1CCCCNC1=O. The first-order valence-electron chi connectivity index (χ1n) is 7.37. The molecule has 1 atom stereocenters. The van der Waals surface area contributed by atoms with E-state index in [1.807, 2.05) is 0 Å². The first kappa shape index (κ1) is 17.3. The maximum atomic E-state index is 12.4. The molecule has 1 aliphatic rings. The maximum Gasteiger partial charge on any atom is 0.242 e. The first-order chi connectivity index (χ1) is 10.9. The van der Waals surface area contributed by atoms with Gasteiger partial charge in [-0.3, -0.25) is 9.59 Å². The van der Waals surface area contributed by atoms with E-state index in [4.69, 9.17) is 4.74 Å². The molecule has 0 bridgehead atoms. The number of ether oxygens (including phenoxy) is 1. The Morgan fingerprint density at radius 1 is 1.35 bits per heavy atom. The zero-order valence-corrected chi connectivity index (χ0v) is 13.7. The summed E-state index contributed by atoms with van der Waals surface area (Å²) < 4.78 is 29.8. The molecule has 1 aromatic rings. The lowest BCUT2D eigenvalue weighted by molar-refractivity contribution is -0.127. The highest BCUT2D eigenvalue weighted by Crippen LogP contribution is 2.23. The van der Waals surface area contributed by atoms with Crippen LogP contribution in [0.3, 0.4) is 0 Å². The van der Waals surface area contributed by atoms with E-state index >= 15 is 0 Å². The third-order valence-electron chi connectivity index (χ3n) is 3.60. The summed E-state index contributed by atoms with van der Waals surface area (Å²) in [7, 11) is -2.48. The number of sulfone groups is 1. The Balaban J connectivity index is 2.08. The highest BCUT2D eigenvalue weighted by molar-refractivity contribution is 7.92. The van der Waals surface area contributed by atoms with Crippen LogP contribution < -0.4 is 15.4 Å². The van der Waals surface area contributed by atoms with Crippen molar-refractivity contribution in [2.75, 3.05) is 19.4 Å². The third-order valence-corrected chi connectivity index (χ3v) is 5.25. The van der Waals surface area contributed by atoms with E-state index in [9.17, 15) is 18.0 Å². The third kappa shape index (κ3) is 4.44. The average Bonchev–Trinajstić information content (AvgIpc) is 2.71. The normalized spacial score (nSPS) is 18.7. The molecular weight excluding hydrogens is 320 g/mol. The number of methoxy groups -OCH3 is 1. The van der Waals surface area contributed by atoms with Gasteiger partial charge in [0.2, 0.25) is 11.8 Å². The predicted octanol–water partition coefficient (Wildman–Crippen LogP) is 0.254. The molecule has 1 unspecified atom stereocenters. The van der Waals surface area contributed by atoms with E-state index < -0.39 is 27.5 Å². The molecule has 1 saturated heterocycles. The van der Waals surface area contributed by atoms with E-state index in [1.54, 1.807) is 12.1 Å². The molecule has 126 valence electrons. The van der Waals surface area contributed by atoms with Gasteiger partial charge in [-0.05, 0) is 31.4 Å². The van der Waals surface area contributed by atoms with Crippen LogP contribution in [0.5, 0.6) is 5.75 Å². The molecule has 2 amide bonds. The Kier molecular flexibility index (Phi) is 5.59. The number of para-hydroxylation sites is 1. The van der Waals surface area contributed by atoms with Gasteiger partial charge in [0.25, 0.3) is 0 Å². The monoisotopic (exact) mass is 340 g/mol. The molecule has 0 aromatic heterocycles. The van der Waals surface area contributed by atoms with Crippen molar-refractivity contribution in [2.45, 2.75) is 30.2 Å². The number of amides is 2. The molecule has 1 aliphatic heterocycles. The highest BCUT2D eigenvalue weighted by Gasteiger charge is 2.27. The van der Waals surface area contributed by atoms with Crippen LogP contribution in [0.15, 0.2) is 29.2 Å².